The molecule has 8 heteroatoms. The topological polar surface area (TPSA) is 37.3 Å². The highest BCUT2D eigenvalue weighted by molar-refractivity contribution is 8.16. The van der Waals surface area contributed by atoms with Crippen LogP contribution in [0.2, 0.25) is 0 Å². The van der Waals surface area contributed by atoms with Crippen molar-refractivity contribution in [2.24, 2.45) is 4.99 Å². The summed E-state index contributed by atoms with van der Waals surface area (Å²) in [5.74, 6) is 0.942. The molecule has 0 aliphatic carbocycles. The minimum atomic E-state index is -0.270. The van der Waals surface area contributed by atoms with Gasteiger partial charge in [-0.2, -0.15) is 0 Å². The van der Waals surface area contributed by atoms with Gasteiger partial charge in [0.2, 0.25) is 0 Å². The van der Waals surface area contributed by atoms with E-state index in [-0.39, 0.29) is 17.7 Å². The van der Waals surface area contributed by atoms with Crippen molar-refractivity contribution in [2.75, 3.05) is 33.4 Å². The lowest BCUT2D eigenvalue weighted by atomic mass is 9.88. The van der Waals surface area contributed by atoms with Crippen LogP contribution >= 0.6 is 11.8 Å². The third-order valence-electron chi connectivity index (χ3n) is 7.26. The van der Waals surface area contributed by atoms with Crippen LogP contribution in [0.3, 0.4) is 0 Å². The predicted octanol–water partition coefficient (Wildman–Crippen LogP) is 6.48. The Bertz CT molecular complexity index is 1580. The highest BCUT2D eigenvalue weighted by Crippen LogP contribution is 2.49. The summed E-state index contributed by atoms with van der Waals surface area (Å²) in [5.41, 5.74) is 7.06. The zero-order valence-corrected chi connectivity index (χ0v) is 22.1. The Morgan fingerprint density at radius 3 is 2.38 bits per heavy atom. The number of fused-ring (bicyclic) bond motifs is 2. The first-order valence-corrected chi connectivity index (χ1v) is 13.7. The summed E-state index contributed by atoms with van der Waals surface area (Å²) in [4.78, 5) is 9.68. The molecule has 4 aliphatic rings. The quantitative estimate of drug-likeness (QED) is 0.380. The van der Waals surface area contributed by atoms with Gasteiger partial charge in [0.15, 0.2) is 16.7 Å². The number of rotatable bonds is 3. The molecule has 39 heavy (non-hydrogen) atoms. The van der Waals surface area contributed by atoms with E-state index >= 15 is 0 Å². The fourth-order valence-electron chi connectivity index (χ4n) is 5.54. The van der Waals surface area contributed by atoms with Crippen LogP contribution in [0.1, 0.15) is 22.7 Å². The standard InChI is InChI=1S/C31H25F2N3O2S/c1-35-16-22(14-19-2-7-23(32)8-3-19)29-25(17-35)30(20-4-9-24(33)10-5-20)36-26(18-39-31(36)34-29)21-6-11-27-28(15-21)38-13-12-37-27/h2-11,14-15,18,30H,12-13,16-17H2,1H3/b22-14+/t30-/m1/s1. The minimum absolute atomic E-state index is 0.179. The van der Waals surface area contributed by atoms with Gasteiger partial charge in [-0.3, -0.25) is 4.90 Å². The summed E-state index contributed by atoms with van der Waals surface area (Å²) < 4.78 is 39.2. The van der Waals surface area contributed by atoms with E-state index in [1.165, 1.54) is 24.3 Å². The van der Waals surface area contributed by atoms with Crippen LogP contribution in [-0.2, 0) is 0 Å². The van der Waals surface area contributed by atoms with Crippen molar-refractivity contribution in [2.45, 2.75) is 6.04 Å². The van der Waals surface area contributed by atoms with E-state index in [2.05, 4.69) is 28.3 Å². The van der Waals surface area contributed by atoms with Gasteiger partial charge in [-0.15, -0.1) is 0 Å². The Morgan fingerprint density at radius 2 is 1.62 bits per heavy atom. The molecule has 0 saturated heterocycles. The van der Waals surface area contributed by atoms with E-state index in [0.29, 0.717) is 19.8 Å². The van der Waals surface area contributed by atoms with E-state index in [9.17, 15) is 8.78 Å². The lowest BCUT2D eigenvalue weighted by Gasteiger charge is -2.42. The number of halogens is 2. The van der Waals surface area contributed by atoms with E-state index < -0.39 is 0 Å². The maximum atomic E-state index is 14.0. The van der Waals surface area contributed by atoms with E-state index in [0.717, 1.165) is 62.4 Å². The molecular formula is C31H25F2N3O2S. The zero-order valence-electron chi connectivity index (χ0n) is 21.2. The summed E-state index contributed by atoms with van der Waals surface area (Å²) in [7, 11) is 2.08. The molecule has 5 nitrogen and oxygen atoms in total. The van der Waals surface area contributed by atoms with Crippen LogP contribution in [-0.4, -0.2) is 48.3 Å². The van der Waals surface area contributed by atoms with Crippen LogP contribution < -0.4 is 9.47 Å². The zero-order chi connectivity index (χ0) is 26.5. The number of hydrogen-bond donors (Lipinski definition) is 0. The summed E-state index contributed by atoms with van der Waals surface area (Å²) >= 11 is 1.58. The second-order valence-corrected chi connectivity index (χ2v) is 10.8. The molecule has 196 valence electrons. The average molecular weight is 542 g/mol. The van der Waals surface area contributed by atoms with Crippen LogP contribution in [0.15, 0.2) is 94.0 Å². The molecule has 0 amide bonds. The molecule has 0 fully saturated rings. The SMILES string of the molecule is CN1CC2=C(N=C3SC=C(c4ccc5c(c4)OCCO5)N3[C@@H]2c2ccc(F)cc2)/C(=C/c2ccc(F)cc2)C1. The smallest absolute Gasteiger partial charge is 0.174 e. The first-order chi connectivity index (χ1) is 19.0. The Hall–Kier alpha value is -3.88. The molecule has 3 aromatic carbocycles. The Balaban J connectivity index is 1.36. The summed E-state index contributed by atoms with van der Waals surface area (Å²) in [6.07, 6.45) is 2.08. The Labute approximate surface area is 229 Å². The molecule has 0 aromatic heterocycles. The van der Waals surface area contributed by atoms with Gasteiger partial charge in [0.25, 0.3) is 0 Å². The third kappa shape index (κ3) is 4.43. The van der Waals surface area contributed by atoms with Crippen molar-refractivity contribution in [3.63, 3.8) is 0 Å². The lowest BCUT2D eigenvalue weighted by Crippen LogP contribution is -2.40. The number of thioether (sulfide) groups is 1. The Kier molecular flexibility index (Phi) is 6.01. The van der Waals surface area contributed by atoms with Crippen LogP contribution in [0.25, 0.3) is 11.8 Å². The first-order valence-electron chi connectivity index (χ1n) is 12.8. The van der Waals surface area contributed by atoms with Crippen LogP contribution in [0.5, 0.6) is 11.5 Å². The van der Waals surface area contributed by atoms with Crippen molar-refractivity contribution in [1.29, 1.82) is 0 Å². The lowest BCUT2D eigenvalue weighted by molar-refractivity contribution is 0.171. The second-order valence-electron chi connectivity index (χ2n) is 9.97. The summed E-state index contributed by atoms with van der Waals surface area (Å²) in [5, 5.41) is 2.98. The van der Waals surface area contributed by atoms with Crippen molar-refractivity contribution in [3.05, 3.63) is 117 Å². The second kappa shape index (κ2) is 9.70. The molecular weight excluding hydrogens is 516 g/mol. The molecule has 4 aliphatic heterocycles. The minimum Gasteiger partial charge on any atom is -0.486 e. The normalized spacial score (nSPS) is 21.5. The van der Waals surface area contributed by atoms with Gasteiger partial charge < -0.3 is 14.4 Å². The monoisotopic (exact) mass is 541 g/mol. The van der Waals surface area contributed by atoms with Crippen LogP contribution in [0.4, 0.5) is 8.78 Å². The number of likely N-dealkylation sites (N-methyl/N-ethyl adjacent to an activating group) is 1. The van der Waals surface area contributed by atoms with Crippen molar-refractivity contribution in [3.8, 4) is 11.5 Å². The van der Waals surface area contributed by atoms with Gasteiger partial charge in [0, 0.05) is 24.1 Å². The Morgan fingerprint density at radius 1 is 0.897 bits per heavy atom. The molecule has 3 aromatic rings. The molecule has 0 saturated carbocycles. The largest absolute Gasteiger partial charge is 0.486 e. The van der Waals surface area contributed by atoms with Gasteiger partial charge in [0.1, 0.15) is 24.8 Å². The van der Waals surface area contributed by atoms with Crippen molar-refractivity contribution >= 4 is 28.7 Å². The highest BCUT2D eigenvalue weighted by Gasteiger charge is 2.41. The number of ether oxygens (including phenoxy) is 2. The number of aliphatic imine (C=N–C) groups is 1. The molecule has 0 N–H and O–H groups in total. The summed E-state index contributed by atoms with van der Waals surface area (Å²) in [6, 6.07) is 19.1. The molecule has 1 atom stereocenters. The fourth-order valence-corrected chi connectivity index (χ4v) is 6.47. The van der Waals surface area contributed by atoms with E-state index in [1.807, 2.05) is 30.3 Å². The van der Waals surface area contributed by atoms with Gasteiger partial charge in [-0.1, -0.05) is 36.0 Å². The third-order valence-corrected chi connectivity index (χ3v) is 8.10. The van der Waals surface area contributed by atoms with Crippen molar-refractivity contribution in [1.82, 2.24) is 9.80 Å². The molecule has 0 unspecified atom stereocenters. The molecule has 0 bridgehead atoms. The summed E-state index contributed by atoms with van der Waals surface area (Å²) in [6.45, 7) is 2.49. The predicted molar refractivity (Wildman–Crippen MR) is 150 cm³/mol. The van der Waals surface area contributed by atoms with E-state index in [4.69, 9.17) is 14.5 Å². The molecule has 0 spiro atoms. The first kappa shape index (κ1) is 24.2. The number of hydrogen-bond acceptors (Lipinski definition) is 6. The molecule has 0 radical (unpaired) electrons. The van der Waals surface area contributed by atoms with Gasteiger partial charge in [-0.25, -0.2) is 13.8 Å². The van der Waals surface area contributed by atoms with Gasteiger partial charge >= 0.3 is 0 Å². The van der Waals surface area contributed by atoms with Gasteiger partial charge in [0.05, 0.1) is 17.4 Å². The van der Waals surface area contributed by atoms with Crippen LogP contribution in [0, 0.1) is 11.6 Å². The maximum Gasteiger partial charge on any atom is 0.174 e. The van der Waals surface area contributed by atoms with Gasteiger partial charge in [-0.05, 0) is 77.9 Å². The average Bonchev–Trinajstić information content (AvgIpc) is 3.37. The maximum absolute atomic E-state index is 14.0. The highest BCUT2D eigenvalue weighted by atomic mass is 32.2. The number of nitrogens with zero attached hydrogens (tertiary/aromatic N) is 3. The number of amidine groups is 1. The fraction of sp³-hybridized carbons (Fsp3) is 0.194. The van der Waals surface area contributed by atoms with Crippen molar-refractivity contribution < 1.29 is 18.3 Å². The molecule has 7 rings (SSSR count). The number of benzene rings is 3. The van der Waals surface area contributed by atoms with E-state index in [1.54, 1.807) is 23.9 Å². The molecule has 4 heterocycles.